The average molecular weight is 487 g/mol. The van der Waals surface area contributed by atoms with Crippen molar-refractivity contribution < 1.29 is 22.8 Å². The van der Waals surface area contributed by atoms with E-state index in [4.69, 9.17) is 0 Å². The number of benzene rings is 1. The fourth-order valence-electron chi connectivity index (χ4n) is 4.49. The Hall–Kier alpha value is -2.69. The van der Waals surface area contributed by atoms with Gasteiger partial charge in [-0.2, -0.15) is 13.2 Å². The monoisotopic (exact) mass is 486 g/mol. The van der Waals surface area contributed by atoms with E-state index in [1.54, 1.807) is 6.92 Å². The van der Waals surface area contributed by atoms with E-state index in [0.717, 1.165) is 37.1 Å². The number of carbonyl (C=O) groups is 2. The molecular weight excluding hydrogens is 449 g/mol. The molecule has 0 spiro atoms. The lowest BCUT2D eigenvalue weighted by Crippen LogP contribution is -2.11. The summed E-state index contributed by atoms with van der Waals surface area (Å²) < 4.78 is 39.1. The summed E-state index contributed by atoms with van der Waals surface area (Å²) in [7, 11) is 0. The second kappa shape index (κ2) is 14.7. The van der Waals surface area contributed by atoms with Crippen LogP contribution >= 0.6 is 0 Å². The lowest BCUT2D eigenvalue weighted by Gasteiger charge is -2.15. The summed E-state index contributed by atoms with van der Waals surface area (Å²) in [5.41, 5.74) is 1.70. The van der Waals surface area contributed by atoms with Crippen LogP contribution in [0.4, 0.5) is 13.2 Å². The van der Waals surface area contributed by atoms with Gasteiger partial charge in [-0.15, -0.1) is 0 Å². The highest BCUT2D eigenvalue weighted by Gasteiger charge is 2.31. The Morgan fingerprint density at radius 2 is 1.77 bits per heavy atom. The third kappa shape index (κ3) is 11.1. The summed E-state index contributed by atoms with van der Waals surface area (Å²) in [5, 5.41) is 0. The van der Waals surface area contributed by atoms with Gasteiger partial charge in [0.25, 0.3) is 0 Å². The summed E-state index contributed by atoms with van der Waals surface area (Å²) in [6.45, 7) is 4.86. The predicted molar refractivity (Wildman–Crippen MR) is 136 cm³/mol. The Kier molecular flexibility index (Phi) is 11.9. The minimum absolute atomic E-state index is 0.00737. The number of aryl methyl sites for hydroxylation is 1. The van der Waals surface area contributed by atoms with Crippen molar-refractivity contribution in [2.45, 2.75) is 83.2 Å². The number of alkyl halides is 3. The van der Waals surface area contributed by atoms with Gasteiger partial charge in [0.05, 0.1) is 5.57 Å². The van der Waals surface area contributed by atoms with Crippen LogP contribution in [-0.2, 0) is 16.0 Å². The summed E-state index contributed by atoms with van der Waals surface area (Å²) in [6, 6.07) is 8.73. The number of carbonyl (C=O) groups excluding carboxylic acids is 2. The Balaban J connectivity index is 2.00. The quantitative estimate of drug-likeness (QED) is 0.150. The molecule has 5 heteroatoms. The van der Waals surface area contributed by atoms with Gasteiger partial charge < -0.3 is 4.79 Å². The molecule has 0 saturated heterocycles. The number of hydrogen-bond acceptors (Lipinski definition) is 2. The second-order valence-corrected chi connectivity index (χ2v) is 9.43. The standard InChI is InChI=1S/C30H37F3O2/c1-3-9-28(30(31,32)33)20-21-29(35)22-25(11-6-4-5-10-23(2)34)15-14-24-16-18-27(19-17-24)26-12-7-8-13-26/h3-4,6,9,16-21,25-26H,1,5,7-8,10-15,22H2,2H3. The number of allylic oxidation sites excluding steroid dienone is 7. The van der Waals surface area contributed by atoms with Crippen molar-refractivity contribution in [1.82, 2.24) is 0 Å². The van der Waals surface area contributed by atoms with Crippen LogP contribution in [0, 0.1) is 5.92 Å². The van der Waals surface area contributed by atoms with Crippen LogP contribution < -0.4 is 0 Å². The van der Waals surface area contributed by atoms with Gasteiger partial charge in [-0.05, 0) is 80.6 Å². The first-order chi connectivity index (χ1) is 16.7. The van der Waals surface area contributed by atoms with Gasteiger partial charge in [0.2, 0.25) is 0 Å². The molecule has 1 saturated carbocycles. The average Bonchev–Trinajstić information content (AvgIpc) is 3.34. The van der Waals surface area contributed by atoms with Crippen molar-refractivity contribution in [3.63, 3.8) is 0 Å². The van der Waals surface area contributed by atoms with Crippen molar-refractivity contribution in [1.29, 1.82) is 0 Å². The van der Waals surface area contributed by atoms with Gasteiger partial charge in [0.1, 0.15) is 5.78 Å². The molecular formula is C30H37F3O2. The molecule has 1 aromatic rings. The molecule has 0 aliphatic heterocycles. The number of Topliss-reactive ketones (excluding diaryl/α,β-unsaturated/α-hetero) is 1. The summed E-state index contributed by atoms with van der Waals surface area (Å²) in [5.74, 6) is 0.467. The molecule has 1 aromatic carbocycles. The first-order valence-electron chi connectivity index (χ1n) is 12.5. The molecule has 2 nitrogen and oxygen atoms in total. The Labute approximate surface area is 207 Å². The van der Waals surface area contributed by atoms with Gasteiger partial charge in [-0.3, -0.25) is 4.79 Å². The van der Waals surface area contributed by atoms with Crippen LogP contribution in [0.1, 0.15) is 81.8 Å². The van der Waals surface area contributed by atoms with E-state index in [1.807, 2.05) is 12.2 Å². The van der Waals surface area contributed by atoms with Crippen molar-refractivity contribution in [2.75, 3.05) is 0 Å². The zero-order chi connectivity index (χ0) is 25.7. The van der Waals surface area contributed by atoms with Crippen LogP contribution in [0.25, 0.3) is 0 Å². The van der Waals surface area contributed by atoms with Gasteiger partial charge in [-0.25, -0.2) is 0 Å². The van der Waals surface area contributed by atoms with Crippen molar-refractivity contribution >= 4 is 11.6 Å². The predicted octanol–water partition coefficient (Wildman–Crippen LogP) is 8.40. The van der Waals surface area contributed by atoms with Gasteiger partial charge >= 0.3 is 6.18 Å². The molecule has 2 rings (SSSR count). The van der Waals surface area contributed by atoms with E-state index in [2.05, 4.69) is 30.8 Å². The molecule has 1 atom stereocenters. The maximum Gasteiger partial charge on any atom is 0.416 e. The van der Waals surface area contributed by atoms with E-state index in [0.29, 0.717) is 25.2 Å². The highest BCUT2D eigenvalue weighted by molar-refractivity contribution is 5.90. The Morgan fingerprint density at radius 3 is 2.37 bits per heavy atom. The number of halogens is 3. The second-order valence-electron chi connectivity index (χ2n) is 9.43. The maximum absolute atomic E-state index is 13.0. The zero-order valence-corrected chi connectivity index (χ0v) is 20.7. The number of rotatable bonds is 14. The van der Waals surface area contributed by atoms with Crippen LogP contribution in [-0.4, -0.2) is 17.7 Å². The molecule has 1 aliphatic carbocycles. The topological polar surface area (TPSA) is 34.1 Å². The summed E-state index contributed by atoms with van der Waals surface area (Å²) in [6.07, 6.45) is 11.8. The maximum atomic E-state index is 13.0. The third-order valence-electron chi connectivity index (χ3n) is 6.51. The molecule has 1 unspecified atom stereocenters. The minimum atomic E-state index is -4.53. The zero-order valence-electron chi connectivity index (χ0n) is 20.7. The molecule has 0 aromatic heterocycles. The molecule has 190 valence electrons. The van der Waals surface area contributed by atoms with E-state index in [1.165, 1.54) is 36.8 Å². The van der Waals surface area contributed by atoms with E-state index < -0.39 is 11.7 Å². The lowest BCUT2D eigenvalue weighted by atomic mass is 9.90. The van der Waals surface area contributed by atoms with Crippen LogP contribution in [0.15, 0.2) is 72.9 Å². The smallest absolute Gasteiger partial charge is 0.300 e. The normalized spacial score (nSPS) is 16.3. The molecule has 0 radical (unpaired) electrons. The molecule has 1 aliphatic rings. The molecule has 35 heavy (non-hydrogen) atoms. The Morgan fingerprint density at radius 1 is 1.09 bits per heavy atom. The number of hydrogen-bond donors (Lipinski definition) is 0. The largest absolute Gasteiger partial charge is 0.416 e. The van der Waals surface area contributed by atoms with Gasteiger partial charge in [-0.1, -0.05) is 68.0 Å². The summed E-state index contributed by atoms with van der Waals surface area (Å²) >= 11 is 0. The number of ketones is 2. The molecule has 0 amide bonds. The SMILES string of the molecule is C=CC=C(C=CC(=O)CC(CC=CCCC(C)=O)CCc1ccc(C2CCCC2)cc1)C(F)(F)F. The fraction of sp³-hybridized carbons (Fsp3) is 0.467. The van der Waals surface area contributed by atoms with Crippen molar-refractivity contribution in [3.05, 3.63) is 84.0 Å². The lowest BCUT2D eigenvalue weighted by molar-refractivity contribution is -0.117. The fourth-order valence-corrected chi connectivity index (χ4v) is 4.49. The van der Waals surface area contributed by atoms with Crippen LogP contribution in [0.5, 0.6) is 0 Å². The van der Waals surface area contributed by atoms with Gasteiger partial charge in [0, 0.05) is 12.8 Å². The first-order valence-corrected chi connectivity index (χ1v) is 12.5. The third-order valence-corrected chi connectivity index (χ3v) is 6.51. The van der Waals surface area contributed by atoms with Gasteiger partial charge in [0.15, 0.2) is 5.78 Å². The Bertz CT molecular complexity index is 914. The van der Waals surface area contributed by atoms with Crippen molar-refractivity contribution in [3.8, 4) is 0 Å². The van der Waals surface area contributed by atoms with E-state index >= 15 is 0 Å². The highest BCUT2D eigenvalue weighted by Crippen LogP contribution is 2.34. The summed E-state index contributed by atoms with van der Waals surface area (Å²) in [4.78, 5) is 23.6. The first kappa shape index (κ1) is 28.5. The van der Waals surface area contributed by atoms with E-state index in [9.17, 15) is 22.8 Å². The van der Waals surface area contributed by atoms with E-state index in [-0.39, 0.29) is 23.9 Å². The molecule has 0 N–H and O–H groups in total. The van der Waals surface area contributed by atoms with Crippen LogP contribution in [0.2, 0.25) is 0 Å². The van der Waals surface area contributed by atoms with Crippen molar-refractivity contribution in [2.24, 2.45) is 5.92 Å². The molecule has 0 heterocycles. The highest BCUT2D eigenvalue weighted by atomic mass is 19.4. The molecule has 1 fully saturated rings. The molecule has 0 bridgehead atoms. The minimum Gasteiger partial charge on any atom is -0.300 e. The van der Waals surface area contributed by atoms with Crippen LogP contribution in [0.3, 0.4) is 0 Å².